The quantitative estimate of drug-likeness (QED) is 0.654. The molecule has 0 atom stereocenters. The van der Waals surface area contributed by atoms with Gasteiger partial charge in [0, 0.05) is 32.2 Å². The number of carbonyl (C=O) groups excluding carboxylic acids is 2. The van der Waals surface area contributed by atoms with E-state index in [0.29, 0.717) is 18.7 Å². The van der Waals surface area contributed by atoms with Crippen LogP contribution < -0.4 is 10.6 Å². The Morgan fingerprint density at radius 2 is 2.05 bits per heavy atom. The van der Waals surface area contributed by atoms with Crippen LogP contribution in [0.1, 0.15) is 16.8 Å². The van der Waals surface area contributed by atoms with Gasteiger partial charge < -0.3 is 20.5 Å². The third-order valence-corrected chi connectivity index (χ3v) is 2.78. The van der Waals surface area contributed by atoms with Crippen molar-refractivity contribution in [3.8, 4) is 5.75 Å². The molecule has 0 spiro atoms. The summed E-state index contributed by atoms with van der Waals surface area (Å²) in [6, 6.07) is 4.16. The lowest BCUT2D eigenvalue weighted by molar-refractivity contribution is -0.121. The Labute approximate surface area is 122 Å². The number of nitrogens with one attached hydrogen (secondary N) is 2. The lowest BCUT2D eigenvalue weighted by Crippen LogP contribution is -2.32. The van der Waals surface area contributed by atoms with Gasteiger partial charge in [0.15, 0.2) is 0 Å². The molecule has 0 saturated carbocycles. The van der Waals surface area contributed by atoms with E-state index < -0.39 is 0 Å². The van der Waals surface area contributed by atoms with Gasteiger partial charge in [0.05, 0.1) is 11.6 Å². The molecule has 0 unspecified atom stereocenters. The van der Waals surface area contributed by atoms with Gasteiger partial charge in [-0.05, 0) is 18.2 Å². The van der Waals surface area contributed by atoms with E-state index in [-0.39, 0.29) is 35.6 Å². The molecule has 0 aliphatic carbocycles. The number of benzene rings is 1. The predicted octanol–water partition coefficient (Wildman–Crippen LogP) is 0.928. The topological polar surface area (TPSA) is 87.7 Å². The van der Waals surface area contributed by atoms with Crippen LogP contribution >= 0.6 is 11.6 Å². The van der Waals surface area contributed by atoms with Gasteiger partial charge in [-0.2, -0.15) is 0 Å². The first-order valence-corrected chi connectivity index (χ1v) is 6.44. The van der Waals surface area contributed by atoms with Crippen LogP contribution in [0.2, 0.25) is 5.02 Å². The number of hydrogen-bond donors (Lipinski definition) is 3. The number of hydrogen-bond acceptors (Lipinski definition) is 4. The van der Waals surface area contributed by atoms with Crippen molar-refractivity contribution in [1.29, 1.82) is 0 Å². The second-order valence-electron chi connectivity index (χ2n) is 4.01. The van der Waals surface area contributed by atoms with Gasteiger partial charge in [-0.3, -0.25) is 9.59 Å². The smallest absolute Gasteiger partial charge is 0.251 e. The van der Waals surface area contributed by atoms with E-state index in [1.807, 2.05) is 0 Å². The number of amides is 2. The zero-order chi connectivity index (χ0) is 15.0. The van der Waals surface area contributed by atoms with Crippen LogP contribution in [0.25, 0.3) is 0 Å². The average molecular weight is 301 g/mol. The molecule has 0 bridgehead atoms. The lowest BCUT2D eigenvalue weighted by atomic mass is 10.2. The van der Waals surface area contributed by atoms with Crippen LogP contribution in [0.4, 0.5) is 0 Å². The fourth-order valence-electron chi connectivity index (χ4n) is 1.42. The first kappa shape index (κ1) is 16.3. The molecule has 0 aromatic heterocycles. The Hall–Kier alpha value is -1.79. The first-order valence-electron chi connectivity index (χ1n) is 6.07. The average Bonchev–Trinajstić information content (AvgIpc) is 2.42. The normalized spacial score (nSPS) is 10.1. The van der Waals surface area contributed by atoms with E-state index in [9.17, 15) is 14.7 Å². The molecule has 0 aliphatic rings. The van der Waals surface area contributed by atoms with Crippen molar-refractivity contribution >= 4 is 23.4 Å². The van der Waals surface area contributed by atoms with Crippen molar-refractivity contribution < 1.29 is 19.4 Å². The number of carbonyl (C=O) groups is 2. The molecule has 3 N–H and O–H groups in total. The Morgan fingerprint density at radius 3 is 2.70 bits per heavy atom. The Balaban J connectivity index is 2.32. The molecule has 0 radical (unpaired) electrons. The third kappa shape index (κ3) is 5.46. The number of rotatable bonds is 7. The van der Waals surface area contributed by atoms with Crippen LogP contribution in [-0.2, 0) is 9.53 Å². The van der Waals surface area contributed by atoms with Crippen LogP contribution in [-0.4, -0.2) is 43.7 Å². The molecule has 1 aromatic rings. The standard InChI is InChI=1S/C13H17ClN2O4/c1-20-7-6-15-12(18)4-5-16-13(19)9-2-3-11(17)10(14)8-9/h2-3,8,17H,4-7H2,1H3,(H,15,18)(H,16,19). The summed E-state index contributed by atoms with van der Waals surface area (Å²) in [4.78, 5) is 23.1. The minimum Gasteiger partial charge on any atom is -0.506 e. The SMILES string of the molecule is COCCNC(=O)CCNC(=O)c1ccc(O)c(Cl)c1. The Bertz CT molecular complexity index is 479. The molecular weight excluding hydrogens is 284 g/mol. The molecule has 1 rings (SSSR count). The zero-order valence-electron chi connectivity index (χ0n) is 11.1. The van der Waals surface area contributed by atoms with Gasteiger partial charge in [-0.25, -0.2) is 0 Å². The minimum absolute atomic E-state index is 0.0827. The van der Waals surface area contributed by atoms with E-state index in [4.69, 9.17) is 16.3 Å². The van der Waals surface area contributed by atoms with Crippen LogP contribution in [0, 0.1) is 0 Å². The maximum Gasteiger partial charge on any atom is 0.251 e. The fraction of sp³-hybridized carbons (Fsp3) is 0.385. The summed E-state index contributed by atoms with van der Waals surface area (Å²) in [7, 11) is 1.55. The van der Waals surface area contributed by atoms with E-state index >= 15 is 0 Å². The van der Waals surface area contributed by atoms with Crippen molar-refractivity contribution in [3.05, 3.63) is 28.8 Å². The molecule has 6 nitrogen and oxygen atoms in total. The zero-order valence-corrected chi connectivity index (χ0v) is 11.9. The highest BCUT2D eigenvalue weighted by molar-refractivity contribution is 6.32. The second-order valence-corrected chi connectivity index (χ2v) is 4.42. The van der Waals surface area contributed by atoms with Gasteiger partial charge in [-0.1, -0.05) is 11.6 Å². The highest BCUT2D eigenvalue weighted by Gasteiger charge is 2.08. The van der Waals surface area contributed by atoms with Gasteiger partial charge in [0.1, 0.15) is 5.75 Å². The molecule has 1 aromatic carbocycles. The highest BCUT2D eigenvalue weighted by Crippen LogP contribution is 2.23. The number of phenolic OH excluding ortho intramolecular Hbond substituents is 1. The fourth-order valence-corrected chi connectivity index (χ4v) is 1.60. The van der Waals surface area contributed by atoms with E-state index in [1.54, 1.807) is 7.11 Å². The van der Waals surface area contributed by atoms with Gasteiger partial charge >= 0.3 is 0 Å². The Morgan fingerprint density at radius 1 is 1.30 bits per heavy atom. The van der Waals surface area contributed by atoms with Crippen molar-refractivity contribution in [3.63, 3.8) is 0 Å². The van der Waals surface area contributed by atoms with Crippen LogP contribution in [0.5, 0.6) is 5.75 Å². The molecular formula is C13H17ClN2O4. The third-order valence-electron chi connectivity index (χ3n) is 2.48. The van der Waals surface area contributed by atoms with Crippen molar-refractivity contribution in [2.24, 2.45) is 0 Å². The summed E-state index contributed by atoms with van der Waals surface area (Å²) in [6.45, 7) is 1.11. The Kier molecular flexibility index (Phi) is 6.83. The molecule has 0 fully saturated rings. The minimum atomic E-state index is -0.350. The monoisotopic (exact) mass is 300 g/mol. The van der Waals surface area contributed by atoms with E-state index in [0.717, 1.165) is 0 Å². The molecule has 7 heteroatoms. The number of ether oxygens (including phenoxy) is 1. The lowest BCUT2D eigenvalue weighted by Gasteiger charge is -2.07. The molecule has 20 heavy (non-hydrogen) atoms. The van der Waals surface area contributed by atoms with Gasteiger partial charge in [0.2, 0.25) is 5.91 Å². The molecule has 110 valence electrons. The molecule has 0 heterocycles. The molecule has 2 amide bonds. The summed E-state index contributed by atoms with van der Waals surface area (Å²) < 4.78 is 4.80. The molecule has 0 saturated heterocycles. The van der Waals surface area contributed by atoms with Gasteiger partial charge in [-0.15, -0.1) is 0 Å². The summed E-state index contributed by atoms with van der Waals surface area (Å²) in [5, 5.41) is 14.6. The van der Waals surface area contributed by atoms with Crippen molar-refractivity contribution in [1.82, 2.24) is 10.6 Å². The number of methoxy groups -OCH3 is 1. The largest absolute Gasteiger partial charge is 0.506 e. The summed E-state index contributed by atoms with van der Waals surface area (Å²) in [5.74, 6) is -0.594. The first-order chi connectivity index (χ1) is 9.54. The molecule has 0 aliphatic heterocycles. The van der Waals surface area contributed by atoms with E-state index in [2.05, 4.69) is 10.6 Å². The van der Waals surface area contributed by atoms with Gasteiger partial charge in [0.25, 0.3) is 5.91 Å². The maximum atomic E-state index is 11.7. The summed E-state index contributed by atoms with van der Waals surface area (Å²) in [5.41, 5.74) is 0.326. The van der Waals surface area contributed by atoms with Crippen LogP contribution in [0.3, 0.4) is 0 Å². The predicted molar refractivity (Wildman–Crippen MR) is 75.0 cm³/mol. The van der Waals surface area contributed by atoms with Crippen molar-refractivity contribution in [2.45, 2.75) is 6.42 Å². The number of phenols is 1. The summed E-state index contributed by atoms with van der Waals surface area (Å²) in [6.07, 6.45) is 0.182. The number of halogens is 1. The summed E-state index contributed by atoms with van der Waals surface area (Å²) >= 11 is 5.71. The van der Waals surface area contributed by atoms with E-state index in [1.165, 1.54) is 18.2 Å². The van der Waals surface area contributed by atoms with Crippen molar-refractivity contribution in [2.75, 3.05) is 26.8 Å². The van der Waals surface area contributed by atoms with Crippen LogP contribution in [0.15, 0.2) is 18.2 Å². The highest BCUT2D eigenvalue weighted by atomic mass is 35.5. The number of aromatic hydroxyl groups is 1. The second kappa shape index (κ2) is 8.39. The maximum absolute atomic E-state index is 11.7.